The number of allylic oxidation sites excluding steroid dienone is 1. The molecule has 0 aromatic carbocycles. The zero-order chi connectivity index (χ0) is 19.1. The van der Waals surface area contributed by atoms with Crippen LogP contribution in [0.2, 0.25) is 2.82 Å². The monoisotopic (exact) mass is 343 g/mol. The molecular formula is C15H15F4N5. The predicted molar refractivity (Wildman–Crippen MR) is 81.8 cm³/mol. The fourth-order valence-corrected chi connectivity index (χ4v) is 2.38. The minimum absolute atomic E-state index is 0.112. The quantitative estimate of drug-likeness (QED) is 0.839. The number of hydrogen-bond acceptors (Lipinski definition) is 4. The molecule has 1 aliphatic rings. The Bertz CT molecular complexity index is 859. The summed E-state index contributed by atoms with van der Waals surface area (Å²) in [6.45, 7) is 1.44. The van der Waals surface area contributed by atoms with Crippen LogP contribution in [0.15, 0.2) is 35.1 Å². The number of aromatic amines is 1. The lowest BCUT2D eigenvalue weighted by molar-refractivity contribution is -0.140. The van der Waals surface area contributed by atoms with E-state index in [0.29, 0.717) is 16.7 Å². The Morgan fingerprint density at radius 3 is 2.92 bits per heavy atom. The second kappa shape index (κ2) is 5.90. The van der Waals surface area contributed by atoms with Gasteiger partial charge in [-0.2, -0.15) is 13.2 Å². The number of halogens is 4. The van der Waals surface area contributed by atoms with Gasteiger partial charge in [0.1, 0.15) is 20.3 Å². The number of fused-ring (bicyclic) bond motifs is 1. The van der Waals surface area contributed by atoms with Crippen molar-refractivity contribution in [1.82, 2.24) is 14.9 Å². The number of aromatic nitrogens is 2. The topological polar surface area (TPSA) is 70.3 Å². The number of nitrogens with zero attached hydrogens (tertiary/aromatic N) is 3. The van der Waals surface area contributed by atoms with E-state index in [9.17, 15) is 17.6 Å². The number of pyridine rings is 1. The summed E-state index contributed by atoms with van der Waals surface area (Å²) in [5.74, 6) is 0. The summed E-state index contributed by atoms with van der Waals surface area (Å²) in [6, 6.07) is 2.51. The van der Waals surface area contributed by atoms with E-state index in [1.54, 1.807) is 0 Å². The van der Waals surface area contributed by atoms with E-state index in [0.717, 1.165) is 6.07 Å². The van der Waals surface area contributed by atoms with Crippen molar-refractivity contribution in [2.45, 2.75) is 32.0 Å². The van der Waals surface area contributed by atoms with E-state index >= 15 is 0 Å². The summed E-state index contributed by atoms with van der Waals surface area (Å²) >= 11 is 0. The first kappa shape index (κ1) is 14.0. The molecule has 3 N–H and O–H groups in total. The first-order valence-corrected chi connectivity index (χ1v) is 7.12. The van der Waals surface area contributed by atoms with Gasteiger partial charge in [0.2, 0.25) is 0 Å². The van der Waals surface area contributed by atoms with Crippen molar-refractivity contribution in [2.75, 3.05) is 0 Å². The molecule has 5 nitrogen and oxygen atoms in total. The molecule has 24 heavy (non-hydrogen) atoms. The highest BCUT2D eigenvalue weighted by Gasteiger charge is 2.32. The molecule has 2 atom stereocenters. The normalized spacial score (nSPS) is 21.0. The molecule has 0 fully saturated rings. The molecule has 0 saturated heterocycles. The summed E-state index contributed by atoms with van der Waals surface area (Å²) in [5.41, 5.74) is 0.305. The summed E-state index contributed by atoms with van der Waals surface area (Å²) in [7, 11) is 0. The van der Waals surface area contributed by atoms with E-state index in [4.69, 9.17) is 2.82 Å². The number of rotatable bonds is 4. The Balaban J connectivity index is 1.85. The largest absolute Gasteiger partial charge is 0.431 e. The lowest BCUT2D eigenvalue weighted by Crippen LogP contribution is -2.41. The Hall–Kier alpha value is -2.42. The van der Waals surface area contributed by atoms with Crippen molar-refractivity contribution < 1.29 is 20.4 Å². The molecule has 1 aliphatic heterocycles. The fourth-order valence-electron chi connectivity index (χ4n) is 2.38. The smallest absolute Gasteiger partial charge is 0.339 e. The first-order chi connectivity index (χ1) is 12.1. The van der Waals surface area contributed by atoms with Gasteiger partial charge < -0.3 is 15.6 Å². The molecule has 2 aromatic heterocycles. The van der Waals surface area contributed by atoms with Crippen molar-refractivity contribution in [1.29, 1.82) is 0 Å². The Morgan fingerprint density at radius 1 is 1.46 bits per heavy atom. The van der Waals surface area contributed by atoms with E-state index in [1.165, 1.54) is 36.5 Å². The third-order valence-electron chi connectivity index (χ3n) is 3.62. The molecule has 0 amide bonds. The van der Waals surface area contributed by atoms with Crippen LogP contribution < -0.4 is 5.72 Å². The molecule has 0 radical (unpaired) electrons. The highest BCUT2D eigenvalue weighted by Crippen LogP contribution is 2.30. The van der Waals surface area contributed by atoms with Gasteiger partial charge in [0.25, 0.3) is 0 Å². The summed E-state index contributed by atoms with van der Waals surface area (Å²) in [6.07, 6.45) is -2.64. The Kier molecular flexibility index (Phi) is 3.43. The molecule has 0 bridgehead atoms. The van der Waals surface area contributed by atoms with Crippen molar-refractivity contribution in [3.05, 3.63) is 41.4 Å². The summed E-state index contributed by atoms with van der Waals surface area (Å²) < 4.78 is 66.7. The van der Waals surface area contributed by atoms with Crippen molar-refractivity contribution in [3.8, 4) is 0 Å². The van der Waals surface area contributed by atoms with Crippen LogP contribution in [0.25, 0.3) is 11.0 Å². The minimum atomic E-state index is -4.49. The lowest BCUT2D eigenvalue weighted by atomic mass is 10.2. The van der Waals surface area contributed by atoms with Crippen LogP contribution in [-0.4, -0.2) is 33.5 Å². The van der Waals surface area contributed by atoms with Gasteiger partial charge in [-0.15, -0.1) is 0 Å². The van der Waals surface area contributed by atoms with Crippen LogP contribution in [0.3, 0.4) is 0 Å². The minimum Gasteiger partial charge on any atom is -0.339 e. The summed E-state index contributed by atoms with van der Waals surface area (Å²) in [4.78, 5) is 11.6. The molecule has 128 valence electrons. The van der Waals surface area contributed by atoms with E-state index in [1.807, 2.05) is 0 Å². The molecule has 9 heteroatoms. The predicted octanol–water partition coefficient (Wildman–Crippen LogP) is 2.95. The standard InChI is InChI=1S/C15H15F4N5/c1-8(16)11-4-13(20)24(7-22-11)6-9-2-10-3-12(15(17,18)19)23-14(10)21-5-9/h2-5,7-8,13H,6,20H2,1H3,(H,21,23)/i/hD2. The van der Waals surface area contributed by atoms with Gasteiger partial charge in [-0.25, -0.2) is 14.4 Å². The Morgan fingerprint density at radius 2 is 2.25 bits per heavy atom. The number of nitrogens with two attached hydrogens (primary N) is 1. The molecule has 2 unspecified atom stereocenters. The van der Waals surface area contributed by atoms with E-state index in [2.05, 4.69) is 15.0 Å². The molecule has 2 aromatic rings. The summed E-state index contributed by atoms with van der Waals surface area (Å²) in [5, 5.41) is 0.294. The number of aliphatic imine (C=N–C) groups is 1. The second-order valence-corrected chi connectivity index (χ2v) is 5.50. The van der Waals surface area contributed by atoms with Crippen LogP contribution in [0.4, 0.5) is 17.6 Å². The van der Waals surface area contributed by atoms with Gasteiger partial charge in [0, 0.05) is 18.1 Å². The van der Waals surface area contributed by atoms with Crippen LogP contribution in [0.5, 0.6) is 0 Å². The number of alkyl halides is 4. The van der Waals surface area contributed by atoms with Crippen molar-refractivity contribution >= 4 is 17.4 Å². The maximum absolute atomic E-state index is 13.4. The maximum Gasteiger partial charge on any atom is 0.431 e. The van der Waals surface area contributed by atoms with Crippen LogP contribution >= 0.6 is 0 Å². The first-order valence-electron chi connectivity index (χ1n) is 8.02. The van der Waals surface area contributed by atoms with Gasteiger partial charge in [0.15, 0.2) is 0 Å². The molecular weight excluding hydrogens is 326 g/mol. The molecule has 0 spiro atoms. The van der Waals surface area contributed by atoms with Crippen LogP contribution in [0, 0.1) is 0 Å². The molecule has 3 heterocycles. The van der Waals surface area contributed by atoms with Gasteiger partial charge in [0.05, 0.1) is 18.2 Å². The van der Waals surface area contributed by atoms with Crippen molar-refractivity contribution in [2.24, 2.45) is 10.7 Å². The second-order valence-electron chi connectivity index (χ2n) is 5.50. The number of nitrogens with one attached hydrogen (secondary N) is 1. The highest BCUT2D eigenvalue weighted by molar-refractivity contribution is 5.77. The average Bonchev–Trinajstić information content (AvgIpc) is 2.98. The molecule has 0 saturated carbocycles. The molecule has 0 aliphatic carbocycles. The zero-order valence-electron chi connectivity index (χ0n) is 14.5. The van der Waals surface area contributed by atoms with Crippen molar-refractivity contribution in [3.63, 3.8) is 0 Å². The SMILES string of the molecule is [2H]N([2H])C1C=C(C(C)F)N=CN1Cc1cnc2[nH]c(C(F)(F)F)cc2c1. The zero-order valence-corrected chi connectivity index (χ0v) is 12.5. The third-order valence-corrected chi connectivity index (χ3v) is 3.62. The average molecular weight is 343 g/mol. The van der Waals surface area contributed by atoms with Gasteiger partial charge in [-0.05, 0) is 30.7 Å². The van der Waals surface area contributed by atoms with Crippen LogP contribution in [0.1, 0.15) is 18.2 Å². The fraction of sp³-hybridized carbons (Fsp3) is 0.333. The van der Waals surface area contributed by atoms with E-state index in [-0.39, 0.29) is 17.9 Å². The van der Waals surface area contributed by atoms with Crippen LogP contribution in [-0.2, 0) is 12.7 Å². The number of H-pyrrole nitrogens is 1. The highest BCUT2D eigenvalue weighted by atomic mass is 19.4. The van der Waals surface area contributed by atoms with Gasteiger partial charge in [-0.1, -0.05) is 0 Å². The van der Waals surface area contributed by atoms with Gasteiger partial charge in [-0.3, -0.25) is 0 Å². The Labute approximate surface area is 137 Å². The maximum atomic E-state index is 13.4. The third kappa shape index (κ3) is 3.25. The molecule has 3 rings (SSSR count). The van der Waals surface area contributed by atoms with Gasteiger partial charge >= 0.3 is 6.18 Å². The number of hydrogen-bond donors (Lipinski definition) is 2. The van der Waals surface area contributed by atoms with E-state index < -0.39 is 24.2 Å². The lowest BCUT2D eigenvalue weighted by Gasteiger charge is -2.28.